The lowest BCUT2D eigenvalue weighted by atomic mass is 9.70. The van der Waals surface area contributed by atoms with E-state index in [1.807, 2.05) is 12.1 Å². The van der Waals surface area contributed by atoms with Crippen molar-refractivity contribution in [1.82, 2.24) is 4.72 Å². The van der Waals surface area contributed by atoms with Crippen molar-refractivity contribution in [2.75, 3.05) is 11.4 Å². The second-order valence-electron chi connectivity index (χ2n) is 10.3. The minimum absolute atomic E-state index is 0.0468. The van der Waals surface area contributed by atoms with Gasteiger partial charge in [-0.25, -0.2) is 13.1 Å². The van der Waals surface area contributed by atoms with Crippen LogP contribution in [0.25, 0.3) is 0 Å². The number of sulfonamides is 1. The van der Waals surface area contributed by atoms with Gasteiger partial charge in [0.2, 0.25) is 10.0 Å². The van der Waals surface area contributed by atoms with E-state index in [2.05, 4.69) is 17.7 Å². The average Bonchev–Trinajstić information content (AvgIpc) is 2.99. The zero-order valence-corrected chi connectivity index (χ0v) is 20.1. The molecule has 0 radical (unpaired) electrons. The van der Waals surface area contributed by atoms with Gasteiger partial charge < -0.3 is 10.0 Å². The molecule has 2 aromatic rings. The molecule has 0 atom stereocenters. The third-order valence-electron chi connectivity index (χ3n) is 6.42. The van der Waals surface area contributed by atoms with E-state index in [9.17, 15) is 18.3 Å². The highest BCUT2D eigenvalue weighted by atomic mass is 32.2. The first-order chi connectivity index (χ1) is 14.9. The summed E-state index contributed by atoms with van der Waals surface area (Å²) < 4.78 is 28.2. The normalized spacial score (nSPS) is 18.1. The number of rotatable bonds is 3. The summed E-state index contributed by atoms with van der Waals surface area (Å²) in [6, 6.07) is 10.1. The van der Waals surface area contributed by atoms with Crippen LogP contribution in [0.5, 0.6) is 5.75 Å². The van der Waals surface area contributed by atoms with Crippen molar-refractivity contribution in [2.24, 2.45) is 0 Å². The Balaban J connectivity index is 1.74. The second kappa shape index (κ2) is 7.89. The standard InChI is InChI=1S/C25H32N2O4S/c1-17-8-9-22-21(12-17)25(10-6-5-7-11-25)16-27(22)23(29)18-13-19(28)15-20(14-18)32(30,31)26-24(2,3)4/h8-9,12-15,26,28H,5-7,10-11,16H2,1-4H3. The van der Waals surface area contributed by atoms with E-state index in [4.69, 9.17) is 0 Å². The Morgan fingerprint density at radius 3 is 2.41 bits per heavy atom. The lowest BCUT2D eigenvalue weighted by molar-refractivity contribution is 0.0982. The van der Waals surface area contributed by atoms with Gasteiger partial charge in [-0.05, 0) is 70.4 Å². The predicted molar refractivity (Wildman–Crippen MR) is 126 cm³/mol. The summed E-state index contributed by atoms with van der Waals surface area (Å²) in [5.41, 5.74) is 2.71. The Morgan fingerprint density at radius 2 is 1.75 bits per heavy atom. The van der Waals surface area contributed by atoms with Gasteiger partial charge in [0, 0.05) is 28.7 Å². The Bertz CT molecular complexity index is 1160. The van der Waals surface area contributed by atoms with Gasteiger partial charge in [-0.3, -0.25) is 4.79 Å². The molecule has 0 saturated heterocycles. The number of fused-ring (bicyclic) bond motifs is 2. The molecule has 1 aliphatic carbocycles. The molecule has 4 rings (SSSR count). The quantitative estimate of drug-likeness (QED) is 0.704. The lowest BCUT2D eigenvalue weighted by Gasteiger charge is -2.34. The highest BCUT2D eigenvalue weighted by Crippen LogP contribution is 2.49. The number of nitrogens with zero attached hydrogens (tertiary/aromatic N) is 1. The fraction of sp³-hybridized carbons (Fsp3) is 0.480. The van der Waals surface area contributed by atoms with Gasteiger partial charge in [-0.15, -0.1) is 0 Å². The predicted octanol–water partition coefficient (Wildman–Crippen LogP) is 4.64. The van der Waals surface area contributed by atoms with Gasteiger partial charge in [-0.1, -0.05) is 37.0 Å². The second-order valence-corrected chi connectivity index (χ2v) is 12.0. The molecule has 32 heavy (non-hydrogen) atoms. The third-order valence-corrected chi connectivity index (χ3v) is 8.16. The zero-order chi connectivity index (χ0) is 23.3. The molecule has 0 bridgehead atoms. The van der Waals surface area contributed by atoms with Crippen LogP contribution in [-0.4, -0.2) is 31.5 Å². The number of benzene rings is 2. The van der Waals surface area contributed by atoms with Crippen LogP contribution in [0, 0.1) is 6.92 Å². The molecule has 0 unspecified atom stereocenters. The van der Waals surface area contributed by atoms with Crippen LogP contribution in [0.4, 0.5) is 5.69 Å². The maximum absolute atomic E-state index is 13.6. The van der Waals surface area contributed by atoms with Gasteiger partial charge in [0.05, 0.1) is 4.90 Å². The molecule has 1 saturated carbocycles. The monoisotopic (exact) mass is 456 g/mol. The Hall–Kier alpha value is -2.38. The van der Waals surface area contributed by atoms with Crippen molar-refractivity contribution in [2.45, 2.75) is 75.6 Å². The molecule has 6 nitrogen and oxygen atoms in total. The largest absolute Gasteiger partial charge is 0.508 e. The number of anilines is 1. The number of aromatic hydroxyl groups is 1. The molecule has 2 N–H and O–H groups in total. The SMILES string of the molecule is Cc1ccc2c(c1)C1(CCCCC1)CN2C(=O)c1cc(O)cc(S(=O)(=O)NC(C)(C)C)c1. The van der Waals surface area contributed by atoms with E-state index in [0.29, 0.717) is 6.54 Å². The number of hydrogen-bond acceptors (Lipinski definition) is 4. The third kappa shape index (κ3) is 4.28. The van der Waals surface area contributed by atoms with Crippen molar-refractivity contribution >= 4 is 21.6 Å². The van der Waals surface area contributed by atoms with Crippen molar-refractivity contribution in [1.29, 1.82) is 0 Å². The number of amides is 1. The molecule has 1 amide bonds. The molecule has 1 fully saturated rings. The van der Waals surface area contributed by atoms with Crippen molar-refractivity contribution in [3.8, 4) is 5.75 Å². The summed E-state index contributed by atoms with van der Waals surface area (Å²) in [4.78, 5) is 15.3. The van der Waals surface area contributed by atoms with Crippen LogP contribution in [0.1, 0.15) is 74.4 Å². The number of aryl methyl sites for hydroxylation is 1. The molecule has 1 heterocycles. The number of carbonyl (C=O) groups excluding carboxylic acids is 1. The number of phenols is 1. The molecular weight excluding hydrogens is 424 g/mol. The summed E-state index contributed by atoms with van der Waals surface area (Å²) >= 11 is 0. The molecule has 172 valence electrons. The molecule has 2 aromatic carbocycles. The first-order valence-electron chi connectivity index (χ1n) is 11.2. The Kier molecular flexibility index (Phi) is 5.62. The maximum Gasteiger partial charge on any atom is 0.258 e. The molecule has 7 heteroatoms. The number of carbonyl (C=O) groups is 1. The van der Waals surface area contributed by atoms with Gasteiger partial charge in [-0.2, -0.15) is 0 Å². The first kappa shape index (κ1) is 22.8. The number of phenolic OH excluding ortho intramolecular Hbond substituents is 1. The van der Waals surface area contributed by atoms with Crippen LogP contribution >= 0.6 is 0 Å². The fourth-order valence-electron chi connectivity index (χ4n) is 5.10. The number of nitrogens with one attached hydrogen (secondary N) is 1. The summed E-state index contributed by atoms with van der Waals surface area (Å²) in [7, 11) is -3.89. The van der Waals surface area contributed by atoms with E-state index in [-0.39, 0.29) is 27.5 Å². The van der Waals surface area contributed by atoms with Gasteiger partial charge in [0.1, 0.15) is 5.75 Å². The van der Waals surface area contributed by atoms with Crippen LogP contribution < -0.4 is 9.62 Å². The van der Waals surface area contributed by atoms with E-state index in [0.717, 1.165) is 31.4 Å². The highest BCUT2D eigenvalue weighted by Gasteiger charge is 2.45. The van der Waals surface area contributed by atoms with Crippen LogP contribution in [0.3, 0.4) is 0 Å². The molecular formula is C25H32N2O4S. The Labute approximate surface area is 190 Å². The van der Waals surface area contributed by atoms with Crippen LogP contribution in [0.2, 0.25) is 0 Å². The van der Waals surface area contributed by atoms with Gasteiger partial charge in [0.25, 0.3) is 5.91 Å². The summed E-state index contributed by atoms with van der Waals surface area (Å²) in [6.45, 7) is 7.88. The van der Waals surface area contributed by atoms with Gasteiger partial charge >= 0.3 is 0 Å². The van der Waals surface area contributed by atoms with Gasteiger partial charge in [0.15, 0.2) is 0 Å². The zero-order valence-electron chi connectivity index (χ0n) is 19.2. The summed E-state index contributed by atoms with van der Waals surface area (Å²) in [5, 5.41) is 10.3. The molecule has 2 aliphatic rings. The van der Waals surface area contributed by atoms with Crippen LogP contribution in [-0.2, 0) is 15.4 Å². The summed E-state index contributed by atoms with van der Waals surface area (Å²) in [6.07, 6.45) is 5.58. The molecule has 0 aromatic heterocycles. The maximum atomic E-state index is 13.6. The van der Waals surface area contributed by atoms with E-state index < -0.39 is 15.6 Å². The van der Waals surface area contributed by atoms with Crippen molar-refractivity contribution < 1.29 is 18.3 Å². The summed E-state index contributed by atoms with van der Waals surface area (Å²) in [5.74, 6) is -0.540. The van der Waals surface area contributed by atoms with E-state index in [1.165, 1.54) is 35.7 Å². The van der Waals surface area contributed by atoms with Crippen molar-refractivity contribution in [3.63, 3.8) is 0 Å². The fourth-order valence-corrected chi connectivity index (χ4v) is 6.58. The highest BCUT2D eigenvalue weighted by molar-refractivity contribution is 7.89. The van der Waals surface area contributed by atoms with E-state index in [1.54, 1.807) is 25.7 Å². The topological polar surface area (TPSA) is 86.7 Å². The Morgan fingerprint density at radius 1 is 1.06 bits per heavy atom. The minimum Gasteiger partial charge on any atom is -0.508 e. The minimum atomic E-state index is -3.89. The lowest BCUT2D eigenvalue weighted by Crippen LogP contribution is -2.40. The average molecular weight is 457 g/mol. The van der Waals surface area contributed by atoms with Crippen LogP contribution in [0.15, 0.2) is 41.3 Å². The molecule has 1 aliphatic heterocycles. The first-order valence-corrected chi connectivity index (χ1v) is 12.7. The number of hydrogen-bond donors (Lipinski definition) is 2. The smallest absolute Gasteiger partial charge is 0.258 e. The molecule has 1 spiro atoms. The van der Waals surface area contributed by atoms with E-state index >= 15 is 0 Å². The van der Waals surface area contributed by atoms with Crippen molar-refractivity contribution in [3.05, 3.63) is 53.1 Å².